The van der Waals surface area contributed by atoms with Gasteiger partial charge in [0.05, 0.1) is 25.9 Å². The van der Waals surface area contributed by atoms with E-state index in [9.17, 15) is 5.11 Å². The van der Waals surface area contributed by atoms with Crippen molar-refractivity contribution in [2.75, 3.05) is 20.3 Å². The summed E-state index contributed by atoms with van der Waals surface area (Å²) in [4.78, 5) is 2.23. The van der Waals surface area contributed by atoms with Gasteiger partial charge in [0.1, 0.15) is 5.75 Å². The molecule has 136 valence electrons. The molecule has 0 aromatic heterocycles. The van der Waals surface area contributed by atoms with Gasteiger partial charge in [-0.05, 0) is 37.1 Å². The Morgan fingerprint density at radius 1 is 0.960 bits per heavy atom. The molecule has 0 saturated carbocycles. The summed E-state index contributed by atoms with van der Waals surface area (Å²) in [7, 11) is 1.67. The van der Waals surface area contributed by atoms with Crippen molar-refractivity contribution in [1.82, 2.24) is 4.90 Å². The molecule has 0 amide bonds. The molecule has 0 spiro atoms. The Hall–Kier alpha value is -1.88. The number of rotatable bonds is 10. The Bertz CT molecular complexity index is 616. The van der Waals surface area contributed by atoms with Gasteiger partial charge in [-0.25, -0.2) is 0 Å². The average molecular weight is 343 g/mol. The first kappa shape index (κ1) is 19.4. The second-order valence-corrected chi connectivity index (χ2v) is 6.54. The van der Waals surface area contributed by atoms with Crippen molar-refractivity contribution in [3.63, 3.8) is 0 Å². The minimum Gasteiger partial charge on any atom is -0.497 e. The number of aliphatic hydroxyl groups excluding tert-OH is 1. The van der Waals surface area contributed by atoms with E-state index >= 15 is 0 Å². The van der Waals surface area contributed by atoms with Gasteiger partial charge in [0, 0.05) is 19.6 Å². The Kier molecular flexibility index (Phi) is 7.92. The Balaban J connectivity index is 2.05. The number of aliphatic hydroxyl groups is 1. The zero-order valence-corrected chi connectivity index (χ0v) is 15.4. The first-order valence-electron chi connectivity index (χ1n) is 8.75. The minimum absolute atomic E-state index is 0.121. The summed E-state index contributed by atoms with van der Waals surface area (Å²) >= 11 is 0. The van der Waals surface area contributed by atoms with Gasteiger partial charge in [0.15, 0.2) is 0 Å². The zero-order valence-electron chi connectivity index (χ0n) is 15.4. The second kappa shape index (κ2) is 10.2. The fourth-order valence-electron chi connectivity index (χ4n) is 2.71. The van der Waals surface area contributed by atoms with Crippen molar-refractivity contribution in [1.29, 1.82) is 0 Å². The van der Waals surface area contributed by atoms with Crippen LogP contribution in [0, 0.1) is 0 Å². The largest absolute Gasteiger partial charge is 0.497 e. The standard InChI is InChI=1S/C21H29NO3/c1-17(2)25-16-20(23)15-22(13-18-8-5-4-6-9-18)14-19-10-7-11-21(12-19)24-3/h4-12,17,20,23H,13-16H2,1-3H3/t20-/m0/s1. The molecule has 2 aromatic carbocycles. The lowest BCUT2D eigenvalue weighted by molar-refractivity contribution is -0.0106. The molecule has 25 heavy (non-hydrogen) atoms. The molecule has 2 rings (SSSR count). The third-order valence-electron chi connectivity index (χ3n) is 3.88. The van der Waals surface area contributed by atoms with Crippen LogP contribution in [0.3, 0.4) is 0 Å². The van der Waals surface area contributed by atoms with Gasteiger partial charge >= 0.3 is 0 Å². The SMILES string of the molecule is COc1cccc(CN(Cc2ccccc2)C[C@H](O)COC(C)C)c1. The molecule has 0 saturated heterocycles. The predicted molar refractivity (Wildman–Crippen MR) is 101 cm³/mol. The molecule has 0 bridgehead atoms. The van der Waals surface area contributed by atoms with Crippen molar-refractivity contribution in [2.45, 2.75) is 39.1 Å². The lowest BCUT2D eigenvalue weighted by Gasteiger charge is -2.26. The van der Waals surface area contributed by atoms with E-state index in [0.29, 0.717) is 13.2 Å². The lowest BCUT2D eigenvalue weighted by Crippen LogP contribution is -2.34. The van der Waals surface area contributed by atoms with Crippen molar-refractivity contribution in [3.8, 4) is 5.75 Å². The maximum Gasteiger partial charge on any atom is 0.119 e. The topological polar surface area (TPSA) is 41.9 Å². The Labute approximate surface area is 151 Å². The van der Waals surface area contributed by atoms with E-state index in [1.807, 2.05) is 50.2 Å². The molecular formula is C21H29NO3. The maximum absolute atomic E-state index is 10.3. The fourth-order valence-corrected chi connectivity index (χ4v) is 2.71. The van der Waals surface area contributed by atoms with Crippen LogP contribution in [0.2, 0.25) is 0 Å². The van der Waals surface area contributed by atoms with Crippen LogP contribution >= 0.6 is 0 Å². The summed E-state index contributed by atoms with van der Waals surface area (Å²) in [6.07, 6.45) is -0.396. The van der Waals surface area contributed by atoms with Crippen LogP contribution in [-0.2, 0) is 17.8 Å². The fraction of sp³-hybridized carbons (Fsp3) is 0.429. The summed E-state index contributed by atoms with van der Waals surface area (Å²) in [5.41, 5.74) is 2.38. The summed E-state index contributed by atoms with van der Waals surface area (Å²) in [6.45, 7) is 6.37. The van der Waals surface area contributed by atoms with E-state index in [-0.39, 0.29) is 6.10 Å². The van der Waals surface area contributed by atoms with Crippen LogP contribution in [0.1, 0.15) is 25.0 Å². The van der Waals surface area contributed by atoms with Gasteiger partial charge in [-0.2, -0.15) is 0 Å². The average Bonchev–Trinajstić information content (AvgIpc) is 2.61. The molecule has 4 heteroatoms. The third kappa shape index (κ3) is 7.26. The zero-order chi connectivity index (χ0) is 18.1. The molecule has 0 aliphatic heterocycles. The van der Waals surface area contributed by atoms with Crippen LogP contribution in [0.15, 0.2) is 54.6 Å². The van der Waals surface area contributed by atoms with Crippen LogP contribution in [0.5, 0.6) is 5.75 Å². The number of benzene rings is 2. The second-order valence-electron chi connectivity index (χ2n) is 6.54. The van der Waals surface area contributed by atoms with E-state index < -0.39 is 6.10 Å². The first-order valence-corrected chi connectivity index (χ1v) is 8.75. The maximum atomic E-state index is 10.3. The van der Waals surface area contributed by atoms with E-state index in [0.717, 1.165) is 24.4 Å². The van der Waals surface area contributed by atoms with E-state index in [1.165, 1.54) is 5.56 Å². The highest BCUT2D eigenvalue weighted by Gasteiger charge is 2.14. The van der Waals surface area contributed by atoms with Gasteiger partial charge in [-0.1, -0.05) is 42.5 Å². The number of methoxy groups -OCH3 is 1. The van der Waals surface area contributed by atoms with E-state index in [4.69, 9.17) is 9.47 Å². The third-order valence-corrected chi connectivity index (χ3v) is 3.88. The van der Waals surface area contributed by atoms with Gasteiger partial charge < -0.3 is 14.6 Å². The van der Waals surface area contributed by atoms with Crippen LogP contribution in [0.25, 0.3) is 0 Å². The van der Waals surface area contributed by atoms with E-state index in [2.05, 4.69) is 23.1 Å². The molecule has 1 atom stereocenters. The van der Waals surface area contributed by atoms with E-state index in [1.54, 1.807) is 7.11 Å². The van der Waals surface area contributed by atoms with Crippen LogP contribution < -0.4 is 4.74 Å². The molecule has 0 aliphatic carbocycles. The first-order chi connectivity index (χ1) is 12.1. The lowest BCUT2D eigenvalue weighted by atomic mass is 10.1. The van der Waals surface area contributed by atoms with Crippen molar-refractivity contribution in [2.24, 2.45) is 0 Å². The van der Waals surface area contributed by atoms with Gasteiger partial charge in [0.2, 0.25) is 0 Å². The molecule has 0 unspecified atom stereocenters. The highest BCUT2D eigenvalue weighted by atomic mass is 16.5. The van der Waals surface area contributed by atoms with Crippen molar-refractivity contribution < 1.29 is 14.6 Å². The molecular weight excluding hydrogens is 314 g/mol. The quantitative estimate of drug-likeness (QED) is 0.717. The minimum atomic E-state index is -0.517. The summed E-state index contributed by atoms with van der Waals surface area (Å²) in [6, 6.07) is 18.4. The van der Waals surface area contributed by atoms with Gasteiger partial charge in [0.25, 0.3) is 0 Å². The molecule has 2 aromatic rings. The number of nitrogens with zero attached hydrogens (tertiary/aromatic N) is 1. The van der Waals surface area contributed by atoms with Crippen LogP contribution in [-0.4, -0.2) is 42.5 Å². The Morgan fingerprint density at radius 2 is 1.64 bits per heavy atom. The summed E-state index contributed by atoms with van der Waals surface area (Å²) in [5, 5.41) is 10.3. The molecule has 0 heterocycles. The normalized spacial score (nSPS) is 12.6. The Morgan fingerprint density at radius 3 is 2.32 bits per heavy atom. The molecule has 1 N–H and O–H groups in total. The molecule has 0 aliphatic rings. The highest BCUT2D eigenvalue weighted by molar-refractivity contribution is 5.28. The van der Waals surface area contributed by atoms with Crippen LogP contribution in [0.4, 0.5) is 0 Å². The number of hydrogen-bond acceptors (Lipinski definition) is 4. The highest BCUT2D eigenvalue weighted by Crippen LogP contribution is 2.16. The summed E-state index contributed by atoms with van der Waals surface area (Å²) in [5.74, 6) is 0.848. The molecule has 4 nitrogen and oxygen atoms in total. The summed E-state index contributed by atoms with van der Waals surface area (Å²) < 4.78 is 10.9. The van der Waals surface area contributed by atoms with Crippen molar-refractivity contribution in [3.05, 3.63) is 65.7 Å². The molecule has 0 radical (unpaired) electrons. The van der Waals surface area contributed by atoms with Gasteiger partial charge in [-0.3, -0.25) is 4.90 Å². The number of hydrogen-bond donors (Lipinski definition) is 1. The predicted octanol–water partition coefficient (Wildman–Crippen LogP) is 3.48. The monoisotopic (exact) mass is 343 g/mol. The van der Waals surface area contributed by atoms with Gasteiger partial charge in [-0.15, -0.1) is 0 Å². The molecule has 0 fully saturated rings. The van der Waals surface area contributed by atoms with Crippen molar-refractivity contribution >= 4 is 0 Å². The smallest absolute Gasteiger partial charge is 0.119 e. The number of ether oxygens (including phenoxy) is 2.